The Labute approximate surface area is 161 Å². The van der Waals surface area contributed by atoms with E-state index in [0.29, 0.717) is 30.2 Å². The number of hydrogen-bond acceptors (Lipinski definition) is 5. The molecule has 4 rings (SSSR count). The highest BCUT2D eigenvalue weighted by Crippen LogP contribution is 2.20. The van der Waals surface area contributed by atoms with Crippen molar-refractivity contribution in [1.82, 2.24) is 9.78 Å². The summed E-state index contributed by atoms with van der Waals surface area (Å²) in [6.07, 6.45) is 2.12. The predicted molar refractivity (Wildman–Crippen MR) is 104 cm³/mol. The van der Waals surface area contributed by atoms with E-state index in [0.717, 1.165) is 11.5 Å². The number of rotatable bonds is 5. The highest BCUT2D eigenvalue weighted by atomic mass is 16.3. The third-order valence-corrected chi connectivity index (χ3v) is 4.36. The summed E-state index contributed by atoms with van der Waals surface area (Å²) in [6, 6.07) is 14.5. The molecule has 1 aliphatic heterocycles. The molecule has 2 amide bonds. The van der Waals surface area contributed by atoms with E-state index in [4.69, 9.17) is 4.42 Å². The summed E-state index contributed by atoms with van der Waals surface area (Å²) >= 11 is 0. The Morgan fingerprint density at radius 1 is 1.14 bits per heavy atom. The van der Waals surface area contributed by atoms with E-state index >= 15 is 0 Å². The zero-order valence-electron chi connectivity index (χ0n) is 15.3. The van der Waals surface area contributed by atoms with Gasteiger partial charge in [-0.2, -0.15) is 10.2 Å². The van der Waals surface area contributed by atoms with Gasteiger partial charge in [0.15, 0.2) is 0 Å². The van der Waals surface area contributed by atoms with Crippen molar-refractivity contribution < 1.29 is 14.0 Å². The van der Waals surface area contributed by atoms with Crippen LogP contribution >= 0.6 is 0 Å². The number of amides is 2. The largest absolute Gasteiger partial charge is 0.464 e. The maximum absolute atomic E-state index is 12.7. The number of furan rings is 1. The highest BCUT2D eigenvalue weighted by molar-refractivity contribution is 6.44. The molecule has 1 N–H and O–H groups in total. The molecule has 8 nitrogen and oxygen atoms in total. The number of aromatic nitrogens is 2. The van der Waals surface area contributed by atoms with E-state index in [1.54, 1.807) is 29.1 Å². The zero-order valence-corrected chi connectivity index (χ0v) is 15.3. The van der Waals surface area contributed by atoms with Crippen LogP contribution in [0.4, 0.5) is 11.5 Å². The average Bonchev–Trinajstić information content (AvgIpc) is 3.32. The summed E-state index contributed by atoms with van der Waals surface area (Å²) in [5.41, 5.74) is 0.931. The van der Waals surface area contributed by atoms with Crippen molar-refractivity contribution in [2.24, 2.45) is 5.10 Å². The lowest BCUT2D eigenvalue weighted by Crippen LogP contribution is -2.36. The molecule has 2 aromatic heterocycles. The first-order chi connectivity index (χ1) is 13.6. The molecule has 1 aliphatic rings. The van der Waals surface area contributed by atoms with E-state index in [1.165, 1.54) is 5.01 Å². The molecule has 0 aliphatic carbocycles. The molecule has 0 spiro atoms. The number of benzene rings is 1. The van der Waals surface area contributed by atoms with Crippen LogP contribution in [0.25, 0.3) is 0 Å². The molecule has 0 saturated heterocycles. The molecule has 142 valence electrons. The number of nitrogens with one attached hydrogen (secondary N) is 1. The van der Waals surface area contributed by atoms with E-state index in [9.17, 15) is 9.59 Å². The molecule has 0 unspecified atom stereocenters. The Morgan fingerprint density at radius 3 is 2.71 bits per heavy atom. The van der Waals surface area contributed by atoms with Crippen molar-refractivity contribution in [2.45, 2.75) is 26.3 Å². The van der Waals surface area contributed by atoms with Gasteiger partial charge in [-0.1, -0.05) is 18.2 Å². The third-order valence-electron chi connectivity index (χ3n) is 4.36. The lowest BCUT2D eigenvalue weighted by Gasteiger charge is -2.23. The highest BCUT2D eigenvalue weighted by Gasteiger charge is 2.26. The van der Waals surface area contributed by atoms with Crippen molar-refractivity contribution in [3.63, 3.8) is 0 Å². The molecule has 3 heterocycles. The number of nitrogens with zero attached hydrogens (tertiary/aromatic N) is 4. The first-order valence-corrected chi connectivity index (χ1v) is 8.94. The fraction of sp³-hybridized carbons (Fsp3) is 0.200. The van der Waals surface area contributed by atoms with Gasteiger partial charge in [0.2, 0.25) is 5.91 Å². The number of hydrogen-bond donors (Lipinski definition) is 1. The minimum Gasteiger partial charge on any atom is -0.464 e. The van der Waals surface area contributed by atoms with Gasteiger partial charge in [0.1, 0.15) is 29.6 Å². The van der Waals surface area contributed by atoms with Crippen molar-refractivity contribution in [1.29, 1.82) is 0 Å². The lowest BCUT2D eigenvalue weighted by molar-refractivity contribution is -0.118. The topological polar surface area (TPSA) is 92.7 Å². The molecular formula is C20H19N5O3. The SMILES string of the molecule is Cc1ccc(Cn2nccc2NC(=O)C2=NN(c3ccccc3)C(=O)CC2)o1. The van der Waals surface area contributed by atoms with Crippen molar-refractivity contribution in [3.8, 4) is 0 Å². The Bertz CT molecular complexity index is 1040. The molecule has 1 aromatic carbocycles. The Hall–Kier alpha value is -3.68. The summed E-state index contributed by atoms with van der Waals surface area (Å²) in [5.74, 6) is 1.60. The Balaban J connectivity index is 1.51. The van der Waals surface area contributed by atoms with Crippen LogP contribution in [0.15, 0.2) is 64.2 Å². The van der Waals surface area contributed by atoms with E-state index < -0.39 is 0 Å². The molecule has 0 saturated carbocycles. The number of para-hydroxylation sites is 1. The Morgan fingerprint density at radius 2 is 1.96 bits per heavy atom. The maximum atomic E-state index is 12.7. The molecule has 28 heavy (non-hydrogen) atoms. The minimum absolute atomic E-state index is 0.138. The normalized spacial score (nSPS) is 14.1. The standard InChI is InChI=1S/C20H19N5O3/c1-14-7-8-16(28-14)13-24-18(11-12-21-24)22-20(27)17-9-10-19(26)25(23-17)15-5-3-2-4-6-15/h2-8,11-12H,9-10,13H2,1H3,(H,22,27). The molecule has 3 aromatic rings. The first kappa shape index (κ1) is 17.7. The Kier molecular flexibility index (Phi) is 4.76. The van der Waals surface area contributed by atoms with Gasteiger partial charge in [0, 0.05) is 18.9 Å². The van der Waals surface area contributed by atoms with Gasteiger partial charge in [0.25, 0.3) is 5.91 Å². The zero-order chi connectivity index (χ0) is 19.5. The second-order valence-corrected chi connectivity index (χ2v) is 6.43. The van der Waals surface area contributed by atoms with Gasteiger partial charge in [-0.25, -0.2) is 9.69 Å². The molecule has 0 atom stereocenters. The summed E-state index contributed by atoms with van der Waals surface area (Å²) < 4.78 is 7.21. The van der Waals surface area contributed by atoms with Gasteiger partial charge in [-0.05, 0) is 31.2 Å². The summed E-state index contributed by atoms with van der Waals surface area (Å²) in [6.45, 7) is 2.27. The minimum atomic E-state index is -0.356. The molecule has 0 bridgehead atoms. The van der Waals surface area contributed by atoms with Crippen LogP contribution in [0.5, 0.6) is 0 Å². The van der Waals surface area contributed by atoms with Crippen LogP contribution in [-0.2, 0) is 16.1 Å². The van der Waals surface area contributed by atoms with Crippen LogP contribution in [0.1, 0.15) is 24.4 Å². The first-order valence-electron chi connectivity index (χ1n) is 8.94. The van der Waals surface area contributed by atoms with Crippen LogP contribution in [0, 0.1) is 6.92 Å². The van der Waals surface area contributed by atoms with E-state index in [1.807, 2.05) is 37.3 Å². The number of carbonyl (C=O) groups is 2. The van der Waals surface area contributed by atoms with Gasteiger partial charge < -0.3 is 9.73 Å². The van der Waals surface area contributed by atoms with Gasteiger partial charge in [-0.3, -0.25) is 9.59 Å². The lowest BCUT2D eigenvalue weighted by atomic mass is 10.1. The van der Waals surface area contributed by atoms with Crippen LogP contribution in [0.3, 0.4) is 0 Å². The average molecular weight is 377 g/mol. The monoisotopic (exact) mass is 377 g/mol. The van der Waals surface area contributed by atoms with E-state index in [2.05, 4.69) is 15.5 Å². The van der Waals surface area contributed by atoms with Gasteiger partial charge >= 0.3 is 0 Å². The second-order valence-electron chi connectivity index (χ2n) is 6.43. The number of aryl methyl sites for hydroxylation is 1. The van der Waals surface area contributed by atoms with Crippen molar-refractivity contribution >= 4 is 29.0 Å². The smallest absolute Gasteiger partial charge is 0.273 e. The van der Waals surface area contributed by atoms with Gasteiger partial charge in [0.05, 0.1) is 11.9 Å². The van der Waals surface area contributed by atoms with Crippen molar-refractivity contribution in [2.75, 3.05) is 10.3 Å². The van der Waals surface area contributed by atoms with Crippen molar-refractivity contribution in [3.05, 3.63) is 66.2 Å². The fourth-order valence-electron chi connectivity index (χ4n) is 2.96. The molecular weight excluding hydrogens is 358 g/mol. The quantitative estimate of drug-likeness (QED) is 0.740. The second kappa shape index (κ2) is 7.51. The fourth-order valence-corrected chi connectivity index (χ4v) is 2.96. The summed E-state index contributed by atoms with van der Waals surface area (Å²) in [5, 5.41) is 12.6. The summed E-state index contributed by atoms with van der Waals surface area (Å²) in [7, 11) is 0. The molecule has 8 heteroatoms. The van der Waals surface area contributed by atoms with Crippen LogP contribution in [0.2, 0.25) is 0 Å². The third kappa shape index (κ3) is 3.71. The number of anilines is 2. The van der Waals surface area contributed by atoms with Gasteiger partial charge in [-0.15, -0.1) is 0 Å². The van der Waals surface area contributed by atoms with Crippen LogP contribution in [-0.4, -0.2) is 27.3 Å². The summed E-state index contributed by atoms with van der Waals surface area (Å²) in [4.78, 5) is 24.9. The van der Waals surface area contributed by atoms with Crippen LogP contribution < -0.4 is 10.3 Å². The molecule has 0 radical (unpaired) electrons. The number of hydrazone groups is 1. The maximum Gasteiger partial charge on any atom is 0.273 e. The predicted octanol–water partition coefficient (Wildman–Crippen LogP) is 2.95. The van der Waals surface area contributed by atoms with E-state index in [-0.39, 0.29) is 18.2 Å². The molecule has 0 fully saturated rings. The number of carbonyl (C=O) groups excluding carboxylic acids is 2.